The maximum Gasteiger partial charge on any atom is 0.325 e. The molecule has 0 aliphatic rings. The zero-order valence-electron chi connectivity index (χ0n) is 11.4. The molecular formula is C14H14BrN3O3. The lowest BCUT2D eigenvalue weighted by atomic mass is 10.2. The van der Waals surface area contributed by atoms with Crippen LogP contribution in [-0.4, -0.2) is 30.1 Å². The number of benzene rings is 1. The van der Waals surface area contributed by atoms with Crippen LogP contribution in [0.15, 0.2) is 34.9 Å². The van der Waals surface area contributed by atoms with Gasteiger partial charge in [-0.2, -0.15) is 0 Å². The van der Waals surface area contributed by atoms with E-state index in [0.717, 1.165) is 9.86 Å². The molecule has 2 N–H and O–H groups in total. The van der Waals surface area contributed by atoms with Crippen LogP contribution in [0.2, 0.25) is 0 Å². The molecule has 0 atom stereocenters. The summed E-state index contributed by atoms with van der Waals surface area (Å²) in [5, 5.41) is 5.99. The standard InChI is InChI=1S/C14H14BrN3O3/c1-2-21-12(19)8-17-14(20)18-11-5-3-4-9-6-10(15)7-16-13(9)11/h3-7H,2,8H2,1H3,(H2,17,18,20). The van der Waals surface area contributed by atoms with Crippen molar-refractivity contribution in [2.24, 2.45) is 0 Å². The van der Waals surface area contributed by atoms with Gasteiger partial charge in [0.2, 0.25) is 0 Å². The number of ether oxygens (including phenoxy) is 1. The summed E-state index contributed by atoms with van der Waals surface area (Å²) < 4.78 is 5.59. The maximum absolute atomic E-state index is 11.8. The molecule has 2 rings (SSSR count). The Balaban J connectivity index is 2.06. The van der Waals surface area contributed by atoms with Crippen LogP contribution in [0.4, 0.5) is 10.5 Å². The topological polar surface area (TPSA) is 80.3 Å². The van der Waals surface area contributed by atoms with Crippen molar-refractivity contribution in [3.8, 4) is 0 Å². The number of rotatable bonds is 4. The normalized spacial score (nSPS) is 10.2. The van der Waals surface area contributed by atoms with Gasteiger partial charge < -0.3 is 15.4 Å². The molecule has 7 heteroatoms. The molecule has 21 heavy (non-hydrogen) atoms. The molecule has 0 spiro atoms. The van der Waals surface area contributed by atoms with Crippen LogP contribution < -0.4 is 10.6 Å². The van der Waals surface area contributed by atoms with Gasteiger partial charge in [-0.25, -0.2) is 4.79 Å². The molecule has 0 unspecified atom stereocenters. The number of urea groups is 1. The number of carbonyl (C=O) groups is 2. The largest absolute Gasteiger partial charge is 0.465 e. The number of halogens is 1. The highest BCUT2D eigenvalue weighted by Gasteiger charge is 2.08. The molecule has 1 aromatic carbocycles. The van der Waals surface area contributed by atoms with Crippen molar-refractivity contribution in [1.82, 2.24) is 10.3 Å². The molecule has 2 aromatic rings. The fourth-order valence-corrected chi connectivity index (χ4v) is 2.11. The monoisotopic (exact) mass is 351 g/mol. The van der Waals surface area contributed by atoms with Gasteiger partial charge in [0.15, 0.2) is 0 Å². The lowest BCUT2D eigenvalue weighted by molar-refractivity contribution is -0.141. The van der Waals surface area contributed by atoms with Gasteiger partial charge in [0.1, 0.15) is 6.54 Å². The number of anilines is 1. The molecule has 0 aliphatic carbocycles. The van der Waals surface area contributed by atoms with E-state index >= 15 is 0 Å². The van der Waals surface area contributed by atoms with E-state index in [0.29, 0.717) is 11.2 Å². The van der Waals surface area contributed by atoms with E-state index in [9.17, 15) is 9.59 Å². The van der Waals surface area contributed by atoms with Gasteiger partial charge in [-0.15, -0.1) is 0 Å². The molecule has 0 aliphatic heterocycles. The molecule has 1 heterocycles. The first kappa shape index (κ1) is 15.2. The van der Waals surface area contributed by atoms with E-state index in [1.807, 2.05) is 18.2 Å². The van der Waals surface area contributed by atoms with E-state index in [4.69, 9.17) is 4.74 Å². The summed E-state index contributed by atoms with van der Waals surface area (Å²) in [6.45, 7) is 1.81. The highest BCUT2D eigenvalue weighted by atomic mass is 79.9. The van der Waals surface area contributed by atoms with Crippen LogP contribution in [0.3, 0.4) is 0 Å². The molecule has 1 aromatic heterocycles. The van der Waals surface area contributed by atoms with E-state index < -0.39 is 12.0 Å². The average molecular weight is 352 g/mol. The summed E-state index contributed by atoms with van der Waals surface area (Å²) in [5.41, 5.74) is 1.24. The second-order valence-electron chi connectivity index (χ2n) is 4.14. The lowest BCUT2D eigenvalue weighted by Gasteiger charge is -2.09. The van der Waals surface area contributed by atoms with Crippen LogP contribution in [-0.2, 0) is 9.53 Å². The number of amides is 2. The molecule has 2 amide bonds. The van der Waals surface area contributed by atoms with Crippen molar-refractivity contribution in [3.63, 3.8) is 0 Å². The Hall–Kier alpha value is -2.15. The van der Waals surface area contributed by atoms with Gasteiger partial charge in [-0.05, 0) is 35.0 Å². The van der Waals surface area contributed by atoms with Gasteiger partial charge in [0.05, 0.1) is 17.8 Å². The van der Waals surface area contributed by atoms with Gasteiger partial charge in [-0.3, -0.25) is 9.78 Å². The van der Waals surface area contributed by atoms with Crippen molar-refractivity contribution in [3.05, 3.63) is 34.9 Å². The molecule has 0 radical (unpaired) electrons. The van der Waals surface area contributed by atoms with Gasteiger partial charge in [-0.1, -0.05) is 12.1 Å². The van der Waals surface area contributed by atoms with Gasteiger partial charge in [0.25, 0.3) is 0 Å². The molecule has 0 saturated heterocycles. The number of nitrogens with one attached hydrogen (secondary N) is 2. The van der Waals surface area contributed by atoms with Crippen LogP contribution in [0.25, 0.3) is 10.9 Å². The predicted octanol–water partition coefficient (Wildman–Crippen LogP) is 2.68. The minimum absolute atomic E-state index is 0.177. The van der Waals surface area contributed by atoms with Crippen LogP contribution >= 0.6 is 15.9 Å². The number of nitrogens with zero attached hydrogens (tertiary/aromatic N) is 1. The maximum atomic E-state index is 11.8. The van der Waals surface area contributed by atoms with E-state index in [-0.39, 0.29) is 13.2 Å². The number of pyridine rings is 1. The van der Waals surface area contributed by atoms with Gasteiger partial charge >= 0.3 is 12.0 Å². The molecule has 0 fully saturated rings. The third-order valence-electron chi connectivity index (χ3n) is 2.62. The number of hydrogen-bond acceptors (Lipinski definition) is 4. The fourth-order valence-electron chi connectivity index (χ4n) is 1.77. The Morgan fingerprint density at radius 3 is 2.95 bits per heavy atom. The summed E-state index contributed by atoms with van der Waals surface area (Å²) in [4.78, 5) is 27.2. The number of hydrogen-bond donors (Lipinski definition) is 2. The Morgan fingerprint density at radius 2 is 2.19 bits per heavy atom. The summed E-state index contributed by atoms with van der Waals surface area (Å²) >= 11 is 3.35. The smallest absolute Gasteiger partial charge is 0.325 e. The molecule has 0 saturated carbocycles. The van der Waals surface area contributed by atoms with Crippen LogP contribution in [0.5, 0.6) is 0 Å². The number of carbonyl (C=O) groups excluding carboxylic acids is 2. The highest BCUT2D eigenvalue weighted by Crippen LogP contribution is 2.23. The van der Waals surface area contributed by atoms with Crippen LogP contribution in [0, 0.1) is 0 Å². The summed E-state index contributed by atoms with van der Waals surface area (Å²) in [7, 11) is 0. The quantitative estimate of drug-likeness (QED) is 0.829. The Bertz CT molecular complexity index is 676. The third kappa shape index (κ3) is 4.16. The van der Waals surface area contributed by atoms with E-state index in [1.54, 1.807) is 19.2 Å². The first-order chi connectivity index (χ1) is 10.1. The van der Waals surface area contributed by atoms with Crippen molar-refractivity contribution < 1.29 is 14.3 Å². The van der Waals surface area contributed by atoms with Crippen molar-refractivity contribution in [2.45, 2.75) is 6.92 Å². The molecule has 110 valence electrons. The lowest BCUT2D eigenvalue weighted by Crippen LogP contribution is -2.34. The van der Waals surface area contributed by atoms with E-state index in [1.165, 1.54) is 0 Å². The second-order valence-corrected chi connectivity index (χ2v) is 5.06. The first-order valence-electron chi connectivity index (χ1n) is 6.35. The summed E-state index contributed by atoms with van der Waals surface area (Å²) in [6, 6.07) is 6.88. The zero-order valence-corrected chi connectivity index (χ0v) is 12.9. The van der Waals surface area contributed by atoms with Crippen molar-refractivity contribution >= 4 is 44.5 Å². The van der Waals surface area contributed by atoms with Crippen molar-refractivity contribution in [2.75, 3.05) is 18.5 Å². The molecular weight excluding hydrogens is 338 g/mol. The number of aromatic nitrogens is 1. The predicted molar refractivity (Wildman–Crippen MR) is 83.1 cm³/mol. The van der Waals surface area contributed by atoms with Gasteiger partial charge in [0, 0.05) is 16.1 Å². The summed E-state index contributed by atoms with van der Waals surface area (Å²) in [5.74, 6) is -0.479. The minimum Gasteiger partial charge on any atom is -0.465 e. The third-order valence-corrected chi connectivity index (χ3v) is 3.06. The Kier molecular flexibility index (Phi) is 5.10. The van der Waals surface area contributed by atoms with E-state index in [2.05, 4.69) is 31.5 Å². The molecule has 6 nitrogen and oxygen atoms in total. The Morgan fingerprint density at radius 1 is 1.38 bits per heavy atom. The number of esters is 1. The fraction of sp³-hybridized carbons (Fsp3) is 0.214. The summed E-state index contributed by atoms with van der Waals surface area (Å²) in [6.07, 6.45) is 1.66. The molecule has 0 bridgehead atoms. The SMILES string of the molecule is CCOC(=O)CNC(=O)Nc1cccc2cc(Br)cnc12. The minimum atomic E-state index is -0.486. The number of fused-ring (bicyclic) bond motifs is 1. The number of para-hydroxylation sites is 1. The van der Waals surface area contributed by atoms with Crippen LogP contribution in [0.1, 0.15) is 6.92 Å². The first-order valence-corrected chi connectivity index (χ1v) is 7.14. The van der Waals surface area contributed by atoms with Crippen molar-refractivity contribution in [1.29, 1.82) is 0 Å². The average Bonchev–Trinajstić information content (AvgIpc) is 2.45. The second kappa shape index (κ2) is 7.03. The zero-order chi connectivity index (χ0) is 15.2. The Labute approximate surface area is 130 Å². The highest BCUT2D eigenvalue weighted by molar-refractivity contribution is 9.10.